The van der Waals surface area contributed by atoms with E-state index in [0.29, 0.717) is 0 Å². The number of benzene rings is 8. The third kappa shape index (κ3) is 4.05. The molecule has 258 valence electrons. The van der Waals surface area contributed by atoms with E-state index in [1.807, 2.05) is 0 Å². The van der Waals surface area contributed by atoms with Crippen molar-refractivity contribution in [2.24, 2.45) is 0 Å². The second-order valence-electron chi connectivity index (χ2n) is 14.7. The average Bonchev–Trinajstić information content (AvgIpc) is 3.27. The van der Waals surface area contributed by atoms with E-state index in [0.717, 1.165) is 84.2 Å². The van der Waals surface area contributed by atoms with Gasteiger partial charge in [-0.2, -0.15) is 5.26 Å². The maximum atomic E-state index is 11.7. The summed E-state index contributed by atoms with van der Waals surface area (Å²) in [7, 11) is 0. The normalized spacial score (nSPS) is 13.8. The molecule has 5 nitrogen and oxygen atoms in total. The second kappa shape index (κ2) is 11.8. The van der Waals surface area contributed by atoms with Gasteiger partial charge in [0.15, 0.2) is 0 Å². The molecule has 7 heteroatoms. The van der Waals surface area contributed by atoms with Gasteiger partial charge in [-0.25, -0.2) is 0 Å². The highest BCUT2D eigenvalue weighted by Gasteiger charge is 2.56. The third-order valence-electron chi connectivity index (χ3n) is 12.0. The van der Waals surface area contributed by atoms with Crippen LogP contribution in [0.25, 0.3) is 33.4 Å². The van der Waals surface area contributed by atoms with Gasteiger partial charge in [-0.15, -0.1) is 0 Å². The Kier molecular flexibility index (Phi) is 6.52. The first-order valence-electron chi connectivity index (χ1n) is 19.2. The minimum Gasteiger partial charge on any atom is -0.361 e. The number of fused-ring (bicyclic) bond motifs is 4. The zero-order valence-corrected chi connectivity index (χ0v) is 30.3. The Hall–Kier alpha value is -7.42. The van der Waals surface area contributed by atoms with Crippen LogP contribution in [0.1, 0.15) is 5.56 Å². The van der Waals surface area contributed by atoms with Gasteiger partial charge in [0.1, 0.15) is 6.07 Å². The van der Waals surface area contributed by atoms with E-state index in [1.165, 1.54) is 11.1 Å². The minimum atomic E-state index is -0.300. The molecule has 0 saturated heterocycles. The molecule has 8 aromatic rings. The van der Waals surface area contributed by atoms with Crippen LogP contribution in [0.4, 0.5) is 45.5 Å². The van der Waals surface area contributed by atoms with Gasteiger partial charge in [-0.05, 0) is 89.3 Å². The summed E-state index contributed by atoms with van der Waals surface area (Å²) in [6, 6.07) is 70.0. The van der Waals surface area contributed by atoms with Crippen LogP contribution in [0.15, 0.2) is 188 Å². The summed E-state index contributed by atoms with van der Waals surface area (Å²) in [5.41, 5.74) is 18.4. The molecule has 0 spiro atoms. The molecule has 0 amide bonds. The van der Waals surface area contributed by atoms with Crippen LogP contribution in [0, 0.1) is 11.3 Å². The Morgan fingerprint density at radius 2 is 0.643 bits per heavy atom. The van der Waals surface area contributed by atoms with E-state index < -0.39 is 0 Å². The molecule has 0 N–H and O–H groups in total. The Labute approximate surface area is 326 Å². The first kappa shape index (κ1) is 31.0. The highest BCUT2D eigenvalue weighted by molar-refractivity contribution is 6.92. The van der Waals surface area contributed by atoms with Crippen LogP contribution in [-0.4, -0.2) is 14.0 Å². The molecule has 0 atom stereocenters. The van der Waals surface area contributed by atoms with Crippen LogP contribution in [0.5, 0.6) is 0 Å². The van der Waals surface area contributed by atoms with Gasteiger partial charge in [0.05, 0.1) is 5.56 Å². The first-order chi connectivity index (χ1) is 27.8. The number of para-hydroxylation sites is 6. The van der Waals surface area contributed by atoms with Crippen molar-refractivity contribution in [1.82, 2.24) is 0 Å². The molecule has 4 aliphatic heterocycles. The van der Waals surface area contributed by atoms with Gasteiger partial charge in [-0.1, -0.05) is 115 Å². The van der Waals surface area contributed by atoms with Gasteiger partial charge in [0, 0.05) is 73.3 Å². The smallest absolute Gasteiger partial charge is 0.361 e. The average molecular weight is 711 g/mol. The van der Waals surface area contributed by atoms with Gasteiger partial charge >= 0.3 is 14.0 Å². The SMILES string of the molecule is N#Cc1c2c3c4c5c1-c1ccccc1N(c1ccccc1)B5N(c1ccccc1)c1cccc(c1-4)N(c1ccccc1)B3N(c1ccccc1)c1ccccc1-2. The zero-order chi connectivity index (χ0) is 36.9. The lowest BCUT2D eigenvalue weighted by Crippen LogP contribution is -2.68. The molecule has 56 heavy (non-hydrogen) atoms. The molecule has 4 heterocycles. The van der Waals surface area contributed by atoms with Crippen LogP contribution < -0.4 is 30.2 Å². The minimum absolute atomic E-state index is 0.300. The molecule has 0 unspecified atom stereocenters. The van der Waals surface area contributed by atoms with E-state index >= 15 is 0 Å². The molecule has 0 bridgehead atoms. The molecule has 8 aromatic carbocycles. The number of rotatable bonds is 4. The molecule has 0 radical (unpaired) electrons. The van der Waals surface area contributed by atoms with Crippen molar-refractivity contribution >= 4 is 70.4 Å². The number of nitriles is 1. The topological polar surface area (TPSA) is 36.8 Å². The predicted octanol–water partition coefficient (Wildman–Crippen LogP) is 10.6. The van der Waals surface area contributed by atoms with Gasteiger partial charge in [0.2, 0.25) is 0 Å². The van der Waals surface area contributed by atoms with Crippen molar-refractivity contribution in [1.29, 1.82) is 5.26 Å². The molecule has 4 aliphatic rings. The highest BCUT2D eigenvalue weighted by atomic mass is 15.3. The molecule has 0 aromatic heterocycles. The van der Waals surface area contributed by atoms with Crippen LogP contribution in [0.3, 0.4) is 0 Å². The van der Waals surface area contributed by atoms with E-state index in [9.17, 15) is 5.26 Å². The lowest BCUT2D eigenvalue weighted by molar-refractivity contribution is 1.23. The maximum Gasteiger partial charge on any atom is 0.421 e. The first-order valence-corrected chi connectivity index (χ1v) is 19.2. The Morgan fingerprint density at radius 1 is 0.321 bits per heavy atom. The lowest BCUT2D eigenvalue weighted by Gasteiger charge is -2.54. The quantitative estimate of drug-likeness (QED) is 0.170. The number of anilines is 8. The van der Waals surface area contributed by atoms with Crippen molar-refractivity contribution in [2.45, 2.75) is 0 Å². The largest absolute Gasteiger partial charge is 0.421 e. The fourth-order valence-corrected chi connectivity index (χ4v) is 9.97. The molecular formula is C49H31B2N5. The van der Waals surface area contributed by atoms with E-state index in [2.05, 4.69) is 213 Å². The summed E-state index contributed by atoms with van der Waals surface area (Å²) >= 11 is 0. The molecule has 0 saturated carbocycles. The van der Waals surface area contributed by atoms with Crippen molar-refractivity contribution in [2.75, 3.05) is 19.2 Å². The lowest BCUT2D eigenvalue weighted by atomic mass is 9.45. The summed E-state index contributed by atoms with van der Waals surface area (Å²) < 4.78 is 0. The highest BCUT2D eigenvalue weighted by Crippen LogP contribution is 2.57. The number of hydrogen-bond acceptors (Lipinski definition) is 5. The fraction of sp³-hybridized carbons (Fsp3) is 0. The molecular weight excluding hydrogens is 680 g/mol. The zero-order valence-electron chi connectivity index (χ0n) is 30.3. The van der Waals surface area contributed by atoms with Crippen LogP contribution in [0.2, 0.25) is 0 Å². The van der Waals surface area contributed by atoms with Gasteiger partial charge < -0.3 is 19.2 Å². The summed E-state index contributed by atoms with van der Waals surface area (Å²) in [5.74, 6) is 0. The Balaban J connectivity index is 1.32. The van der Waals surface area contributed by atoms with Crippen molar-refractivity contribution in [3.63, 3.8) is 0 Å². The standard InChI is InChI=1S/C49H31B2N5/c52-32-39-44-37-26-13-15-28-40(37)53(33-18-5-1-6-19-33)50-48(44)47-46-42(55(50)35-22-9-3-10-23-35)30-17-31-43(46)56(36-24-11-4-12-25-36)51-49(47)45(39)38-27-14-16-29-41(38)54(51)34-20-7-2-8-21-34/h1-31H. The van der Waals surface area contributed by atoms with E-state index in [4.69, 9.17) is 0 Å². The number of hydrogen-bond donors (Lipinski definition) is 0. The molecule has 0 fully saturated rings. The van der Waals surface area contributed by atoms with Gasteiger partial charge in [0.25, 0.3) is 0 Å². The van der Waals surface area contributed by atoms with Crippen LogP contribution >= 0.6 is 0 Å². The Bertz CT molecular complexity index is 2730. The summed E-state index contributed by atoms with van der Waals surface area (Å²) in [4.78, 5) is 10.0. The van der Waals surface area contributed by atoms with Crippen molar-refractivity contribution in [3.05, 3.63) is 194 Å². The summed E-state index contributed by atoms with van der Waals surface area (Å²) in [5, 5.41) is 11.7. The number of nitrogens with zero attached hydrogens (tertiary/aromatic N) is 5. The summed E-state index contributed by atoms with van der Waals surface area (Å²) in [6.07, 6.45) is 0. The Morgan fingerprint density at radius 3 is 1.02 bits per heavy atom. The fourth-order valence-electron chi connectivity index (χ4n) is 9.97. The molecule has 12 rings (SSSR count). The van der Waals surface area contributed by atoms with Crippen molar-refractivity contribution in [3.8, 4) is 39.4 Å². The molecule has 0 aliphatic carbocycles. The second-order valence-corrected chi connectivity index (χ2v) is 14.7. The summed E-state index contributed by atoms with van der Waals surface area (Å²) in [6.45, 7) is -0.600. The maximum absolute atomic E-state index is 11.7. The third-order valence-corrected chi connectivity index (χ3v) is 12.0. The van der Waals surface area contributed by atoms with E-state index in [-0.39, 0.29) is 14.0 Å². The predicted molar refractivity (Wildman–Crippen MR) is 233 cm³/mol. The monoisotopic (exact) mass is 711 g/mol. The van der Waals surface area contributed by atoms with Crippen molar-refractivity contribution < 1.29 is 0 Å². The van der Waals surface area contributed by atoms with Gasteiger partial charge in [-0.3, -0.25) is 0 Å². The van der Waals surface area contributed by atoms with E-state index in [1.54, 1.807) is 0 Å². The van der Waals surface area contributed by atoms with Crippen LogP contribution in [-0.2, 0) is 0 Å².